The summed E-state index contributed by atoms with van der Waals surface area (Å²) in [4.78, 5) is 4.39. The van der Waals surface area contributed by atoms with Crippen LogP contribution >= 0.6 is 0 Å². The third kappa shape index (κ3) is 3.93. The van der Waals surface area contributed by atoms with E-state index in [2.05, 4.69) is 9.71 Å². The first-order valence-corrected chi connectivity index (χ1v) is 9.33. The Kier molecular flexibility index (Phi) is 5.08. The molecule has 0 fully saturated rings. The Hall–Kier alpha value is -2.68. The Morgan fingerprint density at radius 1 is 1.04 bits per heavy atom. The molecule has 8 heteroatoms. The summed E-state index contributed by atoms with van der Waals surface area (Å²) in [5, 5.41) is 5.93. The number of nitrogens with one attached hydrogen (secondary N) is 1. The van der Waals surface area contributed by atoms with E-state index in [0.717, 1.165) is 33.3 Å². The summed E-state index contributed by atoms with van der Waals surface area (Å²) >= 11 is 0. The van der Waals surface area contributed by atoms with Crippen LogP contribution in [0.1, 0.15) is 5.56 Å². The van der Waals surface area contributed by atoms with Crippen LogP contribution in [0, 0.1) is 0 Å². The third-order valence-electron chi connectivity index (χ3n) is 3.98. The molecule has 3 rings (SSSR count). The highest BCUT2D eigenvalue weighted by atomic mass is 32.2. The molecule has 1 heterocycles. The van der Waals surface area contributed by atoms with Crippen molar-refractivity contribution >= 4 is 21.1 Å². The van der Waals surface area contributed by atoms with Crippen molar-refractivity contribution in [2.24, 2.45) is 5.14 Å². The fraction of sp³-hybridized carbons (Fsp3) is 0.167. The van der Waals surface area contributed by atoms with Crippen LogP contribution in [0.2, 0.25) is 0 Å². The molecule has 0 amide bonds. The van der Waals surface area contributed by atoms with Crippen molar-refractivity contribution in [3.8, 4) is 22.6 Å². The zero-order chi connectivity index (χ0) is 18.7. The molecule has 0 saturated heterocycles. The molecule has 0 aliphatic carbocycles. The average molecular weight is 373 g/mol. The highest BCUT2D eigenvalue weighted by molar-refractivity contribution is 7.87. The lowest BCUT2D eigenvalue weighted by atomic mass is 9.99. The average Bonchev–Trinajstić information content (AvgIpc) is 2.64. The molecule has 0 aliphatic heterocycles. The van der Waals surface area contributed by atoms with E-state index >= 15 is 0 Å². The molecule has 0 saturated carbocycles. The van der Waals surface area contributed by atoms with Crippen molar-refractivity contribution in [1.29, 1.82) is 0 Å². The van der Waals surface area contributed by atoms with Crippen LogP contribution in [0.3, 0.4) is 0 Å². The SMILES string of the molecule is COc1ccc2c(-c3ccc(CNS(N)(=O)=O)cc3OC)ccnc2c1. The van der Waals surface area contributed by atoms with E-state index < -0.39 is 10.2 Å². The minimum atomic E-state index is -3.75. The summed E-state index contributed by atoms with van der Waals surface area (Å²) in [6.45, 7) is 0.0871. The highest BCUT2D eigenvalue weighted by Crippen LogP contribution is 2.35. The molecule has 0 atom stereocenters. The monoisotopic (exact) mass is 373 g/mol. The first kappa shape index (κ1) is 18.1. The van der Waals surface area contributed by atoms with Gasteiger partial charge >= 0.3 is 0 Å². The molecule has 0 aliphatic rings. The minimum absolute atomic E-state index is 0.0871. The van der Waals surface area contributed by atoms with Crippen LogP contribution < -0.4 is 19.3 Å². The van der Waals surface area contributed by atoms with Crippen molar-refractivity contribution in [2.75, 3.05) is 14.2 Å². The number of methoxy groups -OCH3 is 2. The van der Waals surface area contributed by atoms with Crippen molar-refractivity contribution in [3.05, 3.63) is 54.2 Å². The fourth-order valence-electron chi connectivity index (χ4n) is 2.74. The maximum atomic E-state index is 11.1. The van der Waals surface area contributed by atoms with Gasteiger partial charge in [0.1, 0.15) is 11.5 Å². The molecule has 136 valence electrons. The van der Waals surface area contributed by atoms with Gasteiger partial charge in [0, 0.05) is 29.8 Å². The quantitative estimate of drug-likeness (QED) is 0.689. The second kappa shape index (κ2) is 7.28. The molecule has 2 aromatic carbocycles. The van der Waals surface area contributed by atoms with Gasteiger partial charge in [0.2, 0.25) is 0 Å². The van der Waals surface area contributed by atoms with Gasteiger partial charge in [0.05, 0.1) is 19.7 Å². The molecule has 26 heavy (non-hydrogen) atoms. The highest BCUT2D eigenvalue weighted by Gasteiger charge is 2.12. The van der Waals surface area contributed by atoms with Crippen molar-refractivity contribution in [2.45, 2.75) is 6.54 Å². The number of hydrogen-bond acceptors (Lipinski definition) is 5. The number of benzene rings is 2. The van der Waals surface area contributed by atoms with Gasteiger partial charge in [-0.25, -0.2) is 5.14 Å². The lowest BCUT2D eigenvalue weighted by Gasteiger charge is -2.13. The van der Waals surface area contributed by atoms with E-state index in [1.54, 1.807) is 26.5 Å². The molecular weight excluding hydrogens is 354 g/mol. The van der Waals surface area contributed by atoms with Gasteiger partial charge in [-0.2, -0.15) is 13.1 Å². The van der Waals surface area contributed by atoms with E-state index in [0.29, 0.717) is 5.75 Å². The van der Waals surface area contributed by atoms with E-state index in [9.17, 15) is 8.42 Å². The van der Waals surface area contributed by atoms with Gasteiger partial charge in [0.15, 0.2) is 0 Å². The summed E-state index contributed by atoms with van der Waals surface area (Å²) in [6.07, 6.45) is 1.73. The Morgan fingerprint density at radius 2 is 1.85 bits per heavy atom. The van der Waals surface area contributed by atoms with E-state index in [1.165, 1.54) is 0 Å². The Morgan fingerprint density at radius 3 is 2.54 bits per heavy atom. The van der Waals surface area contributed by atoms with Gasteiger partial charge in [-0.05, 0) is 35.4 Å². The predicted molar refractivity (Wildman–Crippen MR) is 100 cm³/mol. The van der Waals surface area contributed by atoms with Crippen molar-refractivity contribution < 1.29 is 17.9 Å². The number of ether oxygens (including phenoxy) is 2. The largest absolute Gasteiger partial charge is 0.497 e. The maximum absolute atomic E-state index is 11.1. The van der Waals surface area contributed by atoms with Crippen molar-refractivity contribution in [3.63, 3.8) is 0 Å². The first-order valence-electron chi connectivity index (χ1n) is 7.78. The summed E-state index contributed by atoms with van der Waals surface area (Å²) in [6, 6.07) is 13.1. The number of pyridine rings is 1. The zero-order valence-corrected chi connectivity index (χ0v) is 15.2. The number of aromatic nitrogens is 1. The van der Waals surface area contributed by atoms with Crippen LogP contribution in [-0.4, -0.2) is 27.6 Å². The molecule has 3 aromatic rings. The fourth-order valence-corrected chi connectivity index (χ4v) is 3.11. The smallest absolute Gasteiger partial charge is 0.274 e. The van der Waals surface area contributed by atoms with Crippen LogP contribution in [-0.2, 0) is 16.8 Å². The lowest BCUT2D eigenvalue weighted by molar-refractivity contribution is 0.415. The van der Waals surface area contributed by atoms with Crippen LogP contribution in [0.15, 0.2) is 48.7 Å². The molecule has 0 radical (unpaired) electrons. The molecule has 0 unspecified atom stereocenters. The lowest BCUT2D eigenvalue weighted by Crippen LogP contribution is -2.30. The summed E-state index contributed by atoms with van der Waals surface area (Å²) in [5.74, 6) is 1.36. The molecule has 1 aromatic heterocycles. The van der Waals surface area contributed by atoms with Crippen LogP contribution in [0.4, 0.5) is 0 Å². The van der Waals surface area contributed by atoms with Gasteiger partial charge in [-0.1, -0.05) is 12.1 Å². The van der Waals surface area contributed by atoms with Gasteiger partial charge in [-0.15, -0.1) is 0 Å². The van der Waals surface area contributed by atoms with Crippen LogP contribution in [0.25, 0.3) is 22.0 Å². The van der Waals surface area contributed by atoms with Gasteiger partial charge in [0.25, 0.3) is 10.2 Å². The van der Waals surface area contributed by atoms with E-state index in [-0.39, 0.29) is 6.54 Å². The third-order valence-corrected chi connectivity index (χ3v) is 4.53. The summed E-state index contributed by atoms with van der Waals surface area (Å²) in [5.41, 5.74) is 3.38. The summed E-state index contributed by atoms with van der Waals surface area (Å²) in [7, 11) is -0.566. The topological polar surface area (TPSA) is 104 Å². The molecule has 7 nitrogen and oxygen atoms in total. The molecule has 0 spiro atoms. The number of nitrogens with two attached hydrogens (primary N) is 1. The first-order chi connectivity index (χ1) is 12.4. The van der Waals surface area contributed by atoms with Crippen LogP contribution in [0.5, 0.6) is 11.5 Å². The number of nitrogens with zero attached hydrogens (tertiary/aromatic N) is 1. The second-order valence-corrected chi connectivity index (χ2v) is 7.02. The van der Waals surface area contributed by atoms with E-state index in [4.69, 9.17) is 14.6 Å². The standard InChI is InChI=1S/C18H19N3O4S/c1-24-13-4-6-15-14(7-8-20-17(15)10-13)16-5-3-12(9-18(16)25-2)11-21-26(19,22)23/h3-10,21H,11H2,1-2H3,(H2,19,22,23). The number of fused-ring (bicyclic) bond motifs is 1. The number of hydrogen-bond donors (Lipinski definition) is 2. The minimum Gasteiger partial charge on any atom is -0.497 e. The van der Waals surface area contributed by atoms with Gasteiger partial charge in [-0.3, -0.25) is 4.98 Å². The molecular formula is C18H19N3O4S. The molecule has 3 N–H and O–H groups in total. The van der Waals surface area contributed by atoms with Gasteiger partial charge < -0.3 is 9.47 Å². The van der Waals surface area contributed by atoms with Crippen molar-refractivity contribution in [1.82, 2.24) is 9.71 Å². The maximum Gasteiger partial charge on any atom is 0.274 e. The zero-order valence-electron chi connectivity index (χ0n) is 14.4. The predicted octanol–water partition coefficient (Wildman–Crippen LogP) is 2.21. The Bertz CT molecular complexity index is 1050. The van der Waals surface area contributed by atoms with E-state index in [1.807, 2.05) is 36.4 Å². The summed E-state index contributed by atoms with van der Waals surface area (Å²) < 4.78 is 35.2. The Balaban J connectivity index is 2.05. The second-order valence-electron chi connectivity index (χ2n) is 5.64. The normalized spacial score (nSPS) is 11.5. The number of rotatable bonds is 6. The molecule has 0 bridgehead atoms. The Labute approximate surface area is 151 Å².